The average Bonchev–Trinajstić information content (AvgIpc) is 3.51. The summed E-state index contributed by atoms with van der Waals surface area (Å²) in [7, 11) is 0. The molecule has 0 spiro atoms. The van der Waals surface area contributed by atoms with Gasteiger partial charge in [-0.3, -0.25) is 0 Å². The van der Waals surface area contributed by atoms with E-state index < -0.39 is 0 Å². The Balaban J connectivity index is 1.10. The van der Waals surface area contributed by atoms with Gasteiger partial charge >= 0.3 is 0 Å². The smallest absolute Gasteiger partial charge is 0.159 e. The van der Waals surface area contributed by atoms with E-state index in [9.17, 15) is 0 Å². The molecule has 0 radical (unpaired) electrons. The number of furan rings is 1. The van der Waals surface area contributed by atoms with Gasteiger partial charge < -0.3 is 9.32 Å². The van der Waals surface area contributed by atoms with Gasteiger partial charge in [0.1, 0.15) is 5.58 Å². The van der Waals surface area contributed by atoms with E-state index in [2.05, 4.69) is 157 Å². The molecule has 0 N–H and O–H groups in total. The molecule has 220 valence electrons. The first-order chi connectivity index (χ1) is 23.2. The SMILES string of the molecule is Cc1ccc(N(c2ccc3cc4c(cc3c2)-c2cc3ccc(-c5ccccc5)cc3cc2-4)c2cccc3c2oc2ccccc23)cc1. The van der Waals surface area contributed by atoms with Crippen molar-refractivity contribution in [1.29, 1.82) is 0 Å². The highest BCUT2D eigenvalue weighted by molar-refractivity contribution is 6.13. The van der Waals surface area contributed by atoms with E-state index in [0.717, 1.165) is 39.0 Å². The Morgan fingerprint density at radius 1 is 0.426 bits per heavy atom. The zero-order chi connectivity index (χ0) is 31.1. The van der Waals surface area contributed by atoms with Crippen LogP contribution in [-0.4, -0.2) is 0 Å². The lowest BCUT2D eigenvalue weighted by Crippen LogP contribution is -2.10. The van der Waals surface area contributed by atoms with Crippen LogP contribution in [-0.2, 0) is 0 Å². The van der Waals surface area contributed by atoms with Gasteiger partial charge in [0, 0.05) is 22.1 Å². The lowest BCUT2D eigenvalue weighted by Gasteiger charge is -2.28. The number of para-hydroxylation sites is 2. The molecule has 0 saturated heterocycles. The van der Waals surface area contributed by atoms with Crippen LogP contribution in [0.3, 0.4) is 0 Å². The molecule has 2 heteroatoms. The Kier molecular flexibility index (Phi) is 5.53. The Bertz CT molecular complexity index is 2680. The van der Waals surface area contributed by atoms with Crippen molar-refractivity contribution in [3.63, 3.8) is 0 Å². The highest BCUT2D eigenvalue weighted by Gasteiger charge is 2.25. The molecule has 0 bridgehead atoms. The van der Waals surface area contributed by atoms with Crippen LogP contribution < -0.4 is 4.90 Å². The summed E-state index contributed by atoms with van der Waals surface area (Å²) in [5.41, 5.74) is 14.1. The Labute approximate surface area is 272 Å². The maximum Gasteiger partial charge on any atom is 0.159 e. The summed E-state index contributed by atoms with van der Waals surface area (Å²) < 4.78 is 6.53. The minimum absolute atomic E-state index is 0.891. The van der Waals surface area contributed by atoms with Crippen molar-refractivity contribution in [3.05, 3.63) is 163 Å². The molecular weight excluding hydrogens is 571 g/mol. The summed E-state index contributed by atoms with van der Waals surface area (Å²) in [5.74, 6) is 0. The van der Waals surface area contributed by atoms with E-state index in [1.54, 1.807) is 0 Å². The number of hydrogen-bond acceptors (Lipinski definition) is 2. The predicted octanol–water partition coefficient (Wildman–Crippen LogP) is 13.0. The maximum atomic E-state index is 6.53. The van der Waals surface area contributed by atoms with Crippen LogP contribution in [0.15, 0.2) is 162 Å². The first-order valence-corrected chi connectivity index (χ1v) is 16.2. The monoisotopic (exact) mass is 599 g/mol. The number of anilines is 3. The molecular formula is C45H29NO. The molecule has 1 aliphatic carbocycles. The van der Waals surface area contributed by atoms with E-state index >= 15 is 0 Å². The second kappa shape index (κ2) is 9.94. The average molecular weight is 600 g/mol. The molecule has 0 saturated carbocycles. The fourth-order valence-corrected chi connectivity index (χ4v) is 7.39. The van der Waals surface area contributed by atoms with Crippen LogP contribution in [0.4, 0.5) is 17.1 Å². The first kappa shape index (κ1) is 26.1. The van der Waals surface area contributed by atoms with E-state index in [4.69, 9.17) is 4.42 Å². The molecule has 0 aliphatic heterocycles. The largest absolute Gasteiger partial charge is 0.454 e. The first-order valence-electron chi connectivity index (χ1n) is 16.2. The molecule has 9 aromatic rings. The van der Waals surface area contributed by atoms with Crippen LogP contribution in [0.25, 0.3) is 76.9 Å². The van der Waals surface area contributed by atoms with Gasteiger partial charge in [0.25, 0.3) is 0 Å². The van der Waals surface area contributed by atoms with Gasteiger partial charge in [-0.25, -0.2) is 0 Å². The van der Waals surface area contributed by atoms with Crippen LogP contribution >= 0.6 is 0 Å². The van der Waals surface area contributed by atoms with Crippen molar-refractivity contribution in [2.75, 3.05) is 4.90 Å². The summed E-state index contributed by atoms with van der Waals surface area (Å²) in [5, 5.41) is 7.26. The molecule has 0 atom stereocenters. The fraction of sp³-hybridized carbons (Fsp3) is 0.0222. The van der Waals surface area contributed by atoms with Crippen LogP contribution in [0.2, 0.25) is 0 Å². The Hall–Kier alpha value is -6.12. The predicted molar refractivity (Wildman–Crippen MR) is 198 cm³/mol. The van der Waals surface area contributed by atoms with Crippen molar-refractivity contribution < 1.29 is 4.42 Å². The molecule has 1 aromatic heterocycles. The zero-order valence-corrected chi connectivity index (χ0v) is 25.9. The summed E-state index contributed by atoms with van der Waals surface area (Å²) in [6.07, 6.45) is 0. The number of hydrogen-bond donors (Lipinski definition) is 0. The van der Waals surface area contributed by atoms with Gasteiger partial charge in [-0.1, -0.05) is 96.6 Å². The number of nitrogens with zero attached hydrogens (tertiary/aromatic N) is 1. The summed E-state index contributed by atoms with van der Waals surface area (Å²) in [6, 6.07) is 57.2. The van der Waals surface area contributed by atoms with Crippen molar-refractivity contribution in [2.24, 2.45) is 0 Å². The lowest BCUT2D eigenvalue weighted by molar-refractivity contribution is 0.669. The number of benzene rings is 8. The Morgan fingerprint density at radius 2 is 1.04 bits per heavy atom. The molecule has 10 rings (SSSR count). The van der Waals surface area contributed by atoms with Gasteiger partial charge in [0.05, 0.1) is 5.69 Å². The van der Waals surface area contributed by atoms with E-state index in [0.29, 0.717) is 0 Å². The van der Waals surface area contributed by atoms with E-state index in [1.165, 1.54) is 60.5 Å². The third-order valence-corrected chi connectivity index (χ3v) is 9.80. The molecule has 1 heterocycles. The summed E-state index contributed by atoms with van der Waals surface area (Å²) >= 11 is 0. The zero-order valence-electron chi connectivity index (χ0n) is 25.9. The highest BCUT2D eigenvalue weighted by Crippen LogP contribution is 2.51. The van der Waals surface area contributed by atoms with Crippen molar-refractivity contribution >= 4 is 60.5 Å². The summed E-state index contributed by atoms with van der Waals surface area (Å²) in [4.78, 5) is 2.33. The van der Waals surface area contributed by atoms with Gasteiger partial charge in [-0.05, 0) is 129 Å². The third kappa shape index (κ3) is 4.05. The molecule has 47 heavy (non-hydrogen) atoms. The second-order valence-electron chi connectivity index (χ2n) is 12.7. The van der Waals surface area contributed by atoms with Crippen LogP contribution in [0.1, 0.15) is 5.56 Å². The molecule has 1 aliphatic rings. The normalized spacial score (nSPS) is 11.9. The van der Waals surface area contributed by atoms with Crippen molar-refractivity contribution in [3.8, 4) is 33.4 Å². The molecule has 2 nitrogen and oxygen atoms in total. The van der Waals surface area contributed by atoms with Crippen molar-refractivity contribution in [1.82, 2.24) is 0 Å². The summed E-state index contributed by atoms with van der Waals surface area (Å²) in [6.45, 7) is 2.13. The quantitative estimate of drug-likeness (QED) is 0.200. The van der Waals surface area contributed by atoms with E-state index in [-0.39, 0.29) is 0 Å². The maximum absolute atomic E-state index is 6.53. The Morgan fingerprint density at radius 3 is 1.81 bits per heavy atom. The lowest BCUT2D eigenvalue weighted by atomic mass is 9.77. The van der Waals surface area contributed by atoms with Crippen LogP contribution in [0, 0.1) is 6.92 Å². The highest BCUT2D eigenvalue weighted by atomic mass is 16.3. The van der Waals surface area contributed by atoms with Crippen LogP contribution in [0.5, 0.6) is 0 Å². The molecule has 0 unspecified atom stereocenters. The molecule has 0 fully saturated rings. The van der Waals surface area contributed by atoms with Gasteiger partial charge in [0.15, 0.2) is 5.58 Å². The molecule has 8 aromatic carbocycles. The van der Waals surface area contributed by atoms with Gasteiger partial charge in [-0.15, -0.1) is 0 Å². The number of aryl methyl sites for hydroxylation is 1. The van der Waals surface area contributed by atoms with E-state index in [1.807, 2.05) is 12.1 Å². The number of fused-ring (bicyclic) bond motifs is 9. The molecule has 0 amide bonds. The van der Waals surface area contributed by atoms with Crippen molar-refractivity contribution in [2.45, 2.75) is 6.92 Å². The van der Waals surface area contributed by atoms with Gasteiger partial charge in [0.2, 0.25) is 0 Å². The third-order valence-electron chi connectivity index (χ3n) is 9.80. The fourth-order valence-electron chi connectivity index (χ4n) is 7.39. The topological polar surface area (TPSA) is 16.4 Å². The van der Waals surface area contributed by atoms with Gasteiger partial charge in [-0.2, -0.15) is 0 Å². The second-order valence-corrected chi connectivity index (χ2v) is 12.7. The minimum atomic E-state index is 0.891. The minimum Gasteiger partial charge on any atom is -0.454 e. The standard InChI is InChI=1S/C45H29NO/c1-28-14-19-35(20-15-28)46(43-12-7-11-38-37-10-5-6-13-44(37)47-45(38)43)36-21-18-32-25-40-41-26-33-22-30(29-8-3-2-4-9-29)16-17-31(33)24-39(41)42(40)27-34(32)23-36/h2-27H,1H3. The number of rotatable bonds is 4.